The van der Waals surface area contributed by atoms with Crippen LogP contribution in [0.5, 0.6) is 0 Å². The van der Waals surface area contributed by atoms with Crippen LogP contribution < -0.4 is 5.73 Å². The van der Waals surface area contributed by atoms with Crippen LogP contribution in [0.3, 0.4) is 0 Å². The molecule has 0 spiro atoms. The molecule has 2 N–H and O–H groups in total. The SMILES string of the molecule is CS(=O)(=O)c1ccc(-c2cc(CN)sc2-c2ccc(F)cc2)cc1. The van der Waals surface area contributed by atoms with E-state index >= 15 is 0 Å². The molecule has 1 heterocycles. The maximum atomic E-state index is 13.2. The first-order valence-electron chi connectivity index (χ1n) is 7.27. The smallest absolute Gasteiger partial charge is 0.175 e. The van der Waals surface area contributed by atoms with Crippen molar-refractivity contribution in [1.29, 1.82) is 0 Å². The third-order valence-electron chi connectivity index (χ3n) is 3.68. The topological polar surface area (TPSA) is 60.2 Å². The fraction of sp³-hybridized carbons (Fsp3) is 0.111. The number of nitrogens with two attached hydrogens (primary N) is 1. The van der Waals surface area contributed by atoms with E-state index in [1.165, 1.54) is 18.4 Å². The molecular formula is C18H16FNO2S2. The summed E-state index contributed by atoms with van der Waals surface area (Å²) in [6.07, 6.45) is 1.18. The number of hydrogen-bond acceptors (Lipinski definition) is 4. The van der Waals surface area contributed by atoms with E-state index in [2.05, 4.69) is 0 Å². The van der Waals surface area contributed by atoms with Crippen LogP contribution in [0.1, 0.15) is 4.88 Å². The predicted molar refractivity (Wildman–Crippen MR) is 96.2 cm³/mol. The van der Waals surface area contributed by atoms with Crippen molar-refractivity contribution in [3.05, 3.63) is 65.3 Å². The second-order valence-corrected chi connectivity index (χ2v) is 8.62. The summed E-state index contributed by atoms with van der Waals surface area (Å²) in [7, 11) is -3.23. The minimum atomic E-state index is -3.23. The average molecular weight is 361 g/mol. The Morgan fingerprint density at radius 2 is 1.58 bits per heavy atom. The van der Waals surface area contributed by atoms with Crippen molar-refractivity contribution >= 4 is 21.2 Å². The molecule has 0 saturated carbocycles. The van der Waals surface area contributed by atoms with E-state index in [4.69, 9.17) is 5.73 Å². The highest BCUT2D eigenvalue weighted by Gasteiger charge is 2.14. The summed E-state index contributed by atoms with van der Waals surface area (Å²) in [6, 6.07) is 15.1. The Morgan fingerprint density at radius 1 is 1.00 bits per heavy atom. The molecule has 3 aromatic rings. The van der Waals surface area contributed by atoms with Crippen molar-refractivity contribution in [2.24, 2.45) is 5.73 Å². The Hall–Kier alpha value is -2.02. The minimum absolute atomic E-state index is 0.281. The molecule has 0 saturated heterocycles. The van der Waals surface area contributed by atoms with E-state index in [9.17, 15) is 12.8 Å². The van der Waals surface area contributed by atoms with Gasteiger partial charge in [-0.15, -0.1) is 11.3 Å². The molecule has 0 aliphatic rings. The number of halogens is 1. The van der Waals surface area contributed by atoms with E-state index in [-0.39, 0.29) is 10.7 Å². The number of benzene rings is 2. The lowest BCUT2D eigenvalue weighted by molar-refractivity contribution is 0.602. The summed E-state index contributed by atoms with van der Waals surface area (Å²) in [5.74, 6) is -0.284. The molecule has 3 nitrogen and oxygen atoms in total. The highest BCUT2D eigenvalue weighted by Crippen LogP contribution is 2.39. The molecule has 0 aliphatic carbocycles. The highest BCUT2D eigenvalue weighted by molar-refractivity contribution is 7.90. The summed E-state index contributed by atoms with van der Waals surface area (Å²) in [6.45, 7) is 0.417. The van der Waals surface area contributed by atoms with Crippen LogP contribution in [-0.4, -0.2) is 14.7 Å². The molecule has 2 aromatic carbocycles. The Labute approximate surface area is 144 Å². The molecule has 6 heteroatoms. The lowest BCUT2D eigenvalue weighted by Crippen LogP contribution is -1.96. The summed E-state index contributed by atoms with van der Waals surface area (Å²) >= 11 is 1.56. The van der Waals surface area contributed by atoms with Crippen LogP contribution >= 0.6 is 11.3 Å². The number of sulfone groups is 1. The lowest BCUT2D eigenvalue weighted by Gasteiger charge is -2.06. The van der Waals surface area contributed by atoms with Gasteiger partial charge < -0.3 is 5.73 Å². The van der Waals surface area contributed by atoms with E-state index in [1.807, 2.05) is 6.07 Å². The van der Waals surface area contributed by atoms with Gasteiger partial charge >= 0.3 is 0 Å². The molecule has 3 rings (SSSR count). The first kappa shape index (κ1) is 16.8. The van der Waals surface area contributed by atoms with Crippen molar-refractivity contribution in [3.8, 4) is 21.6 Å². The van der Waals surface area contributed by atoms with Crippen molar-refractivity contribution in [2.45, 2.75) is 11.4 Å². The molecule has 24 heavy (non-hydrogen) atoms. The first-order chi connectivity index (χ1) is 11.4. The molecule has 1 aromatic heterocycles. The summed E-state index contributed by atoms with van der Waals surface area (Å²) in [5, 5.41) is 0. The van der Waals surface area contributed by atoms with Crippen molar-refractivity contribution < 1.29 is 12.8 Å². The van der Waals surface area contributed by atoms with Crippen molar-refractivity contribution in [3.63, 3.8) is 0 Å². The maximum absolute atomic E-state index is 13.2. The normalized spacial score (nSPS) is 11.6. The van der Waals surface area contributed by atoms with Crippen LogP contribution in [0.15, 0.2) is 59.5 Å². The van der Waals surface area contributed by atoms with Gasteiger partial charge in [0.05, 0.1) is 4.90 Å². The summed E-state index contributed by atoms with van der Waals surface area (Å²) in [5.41, 5.74) is 8.54. The van der Waals surface area contributed by atoms with Crippen LogP contribution in [0.4, 0.5) is 4.39 Å². The van der Waals surface area contributed by atoms with E-state index in [0.29, 0.717) is 6.54 Å². The van der Waals surface area contributed by atoms with Gasteiger partial charge in [0.2, 0.25) is 0 Å². The molecule has 0 atom stereocenters. The van der Waals surface area contributed by atoms with Gasteiger partial charge in [0.15, 0.2) is 9.84 Å². The zero-order valence-corrected chi connectivity index (χ0v) is 14.6. The molecule has 0 radical (unpaired) electrons. The van der Waals surface area contributed by atoms with Gasteiger partial charge in [0.1, 0.15) is 5.82 Å². The Balaban J connectivity index is 2.10. The van der Waals surface area contributed by atoms with Gasteiger partial charge in [-0.1, -0.05) is 24.3 Å². The third kappa shape index (κ3) is 3.40. The molecule has 0 aliphatic heterocycles. The Morgan fingerprint density at radius 3 is 2.12 bits per heavy atom. The van der Waals surface area contributed by atoms with Gasteiger partial charge in [0.25, 0.3) is 0 Å². The summed E-state index contributed by atoms with van der Waals surface area (Å²) in [4.78, 5) is 2.28. The second-order valence-electron chi connectivity index (χ2n) is 5.46. The zero-order chi connectivity index (χ0) is 17.3. The molecule has 0 bridgehead atoms. The zero-order valence-electron chi connectivity index (χ0n) is 13.0. The summed E-state index contributed by atoms with van der Waals surface area (Å²) < 4.78 is 36.4. The first-order valence-corrected chi connectivity index (χ1v) is 9.98. The van der Waals surface area contributed by atoms with E-state index < -0.39 is 9.84 Å². The second kappa shape index (κ2) is 6.47. The fourth-order valence-electron chi connectivity index (χ4n) is 2.45. The monoisotopic (exact) mass is 361 g/mol. The fourth-order valence-corrected chi connectivity index (χ4v) is 4.15. The van der Waals surface area contributed by atoms with E-state index in [1.54, 1.807) is 47.7 Å². The van der Waals surface area contributed by atoms with Crippen molar-refractivity contribution in [2.75, 3.05) is 6.26 Å². The molecule has 0 fully saturated rings. The van der Waals surface area contributed by atoms with Gasteiger partial charge in [-0.2, -0.15) is 0 Å². The standard InChI is InChI=1S/C18H16FNO2S2/c1-24(21,22)16-8-4-12(5-9-16)17-10-15(11-20)23-18(17)13-2-6-14(19)7-3-13/h2-10H,11,20H2,1H3. The lowest BCUT2D eigenvalue weighted by atomic mass is 10.0. The maximum Gasteiger partial charge on any atom is 0.175 e. The van der Waals surface area contributed by atoms with Crippen LogP contribution in [0.25, 0.3) is 21.6 Å². The Bertz CT molecular complexity index is 959. The number of rotatable bonds is 4. The molecule has 0 unspecified atom stereocenters. The van der Waals surface area contributed by atoms with Gasteiger partial charge in [-0.25, -0.2) is 12.8 Å². The van der Waals surface area contributed by atoms with Gasteiger partial charge in [-0.3, -0.25) is 0 Å². The quantitative estimate of drug-likeness (QED) is 0.761. The average Bonchev–Trinajstić information content (AvgIpc) is 2.99. The largest absolute Gasteiger partial charge is 0.326 e. The molecule has 124 valence electrons. The highest BCUT2D eigenvalue weighted by atomic mass is 32.2. The van der Waals surface area contributed by atoms with Crippen LogP contribution in [0, 0.1) is 5.82 Å². The van der Waals surface area contributed by atoms with Gasteiger partial charge in [-0.05, 0) is 41.5 Å². The van der Waals surface area contributed by atoms with Crippen LogP contribution in [-0.2, 0) is 16.4 Å². The third-order valence-corrected chi connectivity index (χ3v) is 6.02. The van der Waals surface area contributed by atoms with E-state index in [0.717, 1.165) is 26.4 Å². The number of thiophene rings is 1. The van der Waals surface area contributed by atoms with Gasteiger partial charge in [0, 0.05) is 28.1 Å². The van der Waals surface area contributed by atoms with Crippen LogP contribution in [0.2, 0.25) is 0 Å². The molecule has 0 amide bonds. The van der Waals surface area contributed by atoms with Crippen molar-refractivity contribution in [1.82, 2.24) is 0 Å². The number of hydrogen-bond donors (Lipinski definition) is 1. The minimum Gasteiger partial charge on any atom is -0.326 e. The predicted octanol–water partition coefficient (Wildman–Crippen LogP) is 4.08. The Kier molecular flexibility index (Phi) is 4.54. The molecular weight excluding hydrogens is 345 g/mol.